The van der Waals surface area contributed by atoms with Crippen molar-refractivity contribution >= 4 is 17.5 Å². The van der Waals surface area contributed by atoms with Crippen molar-refractivity contribution < 1.29 is 14.3 Å². The summed E-state index contributed by atoms with van der Waals surface area (Å²) in [4.78, 5) is 26.9. The number of likely N-dealkylation sites (N-methyl/N-ethyl adjacent to an activating group) is 1. The molecule has 0 fully saturated rings. The Labute approximate surface area is 168 Å². The molecule has 0 aliphatic carbocycles. The fourth-order valence-electron chi connectivity index (χ4n) is 3.28. The first-order valence-corrected chi connectivity index (χ1v) is 9.41. The maximum absolute atomic E-state index is 12.8. The molecule has 7 heteroatoms. The molecule has 1 atom stereocenters. The number of H-pyrrole nitrogens is 1. The molecular formula is C22H22N4O3. The Hall–Kier alpha value is -3.61. The molecule has 3 aromatic rings. The Morgan fingerprint density at radius 2 is 2.00 bits per heavy atom. The van der Waals surface area contributed by atoms with Crippen LogP contribution in [-0.4, -0.2) is 41.7 Å². The highest BCUT2D eigenvalue weighted by Crippen LogP contribution is 2.29. The second-order valence-corrected chi connectivity index (χ2v) is 7.14. The second-order valence-electron chi connectivity index (χ2n) is 7.14. The molecule has 0 spiro atoms. The van der Waals surface area contributed by atoms with Gasteiger partial charge in [0.05, 0.1) is 5.69 Å². The summed E-state index contributed by atoms with van der Waals surface area (Å²) in [6.07, 6.45) is 0.643. The van der Waals surface area contributed by atoms with E-state index >= 15 is 0 Å². The number of amides is 2. The summed E-state index contributed by atoms with van der Waals surface area (Å²) in [7, 11) is 1.67. The van der Waals surface area contributed by atoms with Crippen molar-refractivity contribution in [2.24, 2.45) is 0 Å². The zero-order chi connectivity index (χ0) is 20.4. The first kappa shape index (κ1) is 18.7. The molecule has 29 heavy (non-hydrogen) atoms. The van der Waals surface area contributed by atoms with Crippen LogP contribution in [0, 0.1) is 6.92 Å². The second kappa shape index (κ2) is 7.79. The van der Waals surface area contributed by atoms with E-state index in [-0.39, 0.29) is 18.2 Å². The maximum atomic E-state index is 12.8. The average Bonchev–Trinajstić information content (AvgIpc) is 3.16. The molecule has 2 amide bonds. The van der Waals surface area contributed by atoms with Crippen LogP contribution in [-0.2, 0) is 11.2 Å². The van der Waals surface area contributed by atoms with E-state index in [0.717, 1.165) is 11.3 Å². The lowest BCUT2D eigenvalue weighted by Crippen LogP contribution is -2.49. The lowest BCUT2D eigenvalue weighted by molar-refractivity contribution is -0.120. The molecule has 0 saturated heterocycles. The fraction of sp³-hybridized carbons (Fsp3) is 0.227. The molecular weight excluding hydrogens is 368 g/mol. The minimum Gasteiger partial charge on any atom is -0.489 e. The molecule has 0 radical (unpaired) electrons. The first-order chi connectivity index (χ1) is 14.0. The summed E-state index contributed by atoms with van der Waals surface area (Å²) < 4.78 is 5.73. The number of fused-ring (bicyclic) bond motifs is 1. The number of benzene rings is 2. The largest absolute Gasteiger partial charge is 0.489 e. The smallest absolute Gasteiger partial charge is 0.272 e. The highest BCUT2D eigenvalue weighted by atomic mass is 16.5. The van der Waals surface area contributed by atoms with Crippen LogP contribution in [0.15, 0.2) is 54.6 Å². The van der Waals surface area contributed by atoms with Gasteiger partial charge in [0, 0.05) is 19.2 Å². The number of nitrogens with zero attached hydrogens (tertiary/aromatic N) is 2. The number of rotatable bonds is 4. The van der Waals surface area contributed by atoms with Gasteiger partial charge in [0.25, 0.3) is 11.8 Å². The standard InChI is InChI=1S/C22H22N4O3/c1-14-7-9-15(10-8-14)11-16-12-17(25-24-16)21(27)23-18-13-29-20-6-4-3-5-19(20)26(2)22(18)28/h3-10,12,18H,11,13H2,1-2H3,(H,23,27)(H,24,25)/t18-/m0/s1. The van der Waals surface area contributed by atoms with Gasteiger partial charge in [-0.2, -0.15) is 5.10 Å². The quantitative estimate of drug-likeness (QED) is 0.716. The number of aromatic amines is 1. The van der Waals surface area contributed by atoms with E-state index in [1.807, 2.05) is 49.4 Å². The number of carbonyl (C=O) groups is 2. The third kappa shape index (κ3) is 3.99. The van der Waals surface area contributed by atoms with Gasteiger partial charge in [0.15, 0.2) is 0 Å². The molecule has 0 unspecified atom stereocenters. The molecule has 1 aromatic heterocycles. The van der Waals surface area contributed by atoms with Crippen LogP contribution in [0.3, 0.4) is 0 Å². The van der Waals surface area contributed by atoms with Crippen LogP contribution < -0.4 is 15.0 Å². The zero-order valence-electron chi connectivity index (χ0n) is 16.3. The molecule has 148 valence electrons. The highest BCUT2D eigenvalue weighted by molar-refractivity contribution is 6.02. The van der Waals surface area contributed by atoms with Gasteiger partial charge in [0.2, 0.25) is 0 Å². The van der Waals surface area contributed by atoms with E-state index in [2.05, 4.69) is 15.5 Å². The number of aromatic nitrogens is 2. The van der Waals surface area contributed by atoms with Crippen LogP contribution in [0.4, 0.5) is 5.69 Å². The number of anilines is 1. The monoisotopic (exact) mass is 390 g/mol. The first-order valence-electron chi connectivity index (χ1n) is 9.41. The Morgan fingerprint density at radius 3 is 2.79 bits per heavy atom. The molecule has 1 aliphatic rings. The van der Waals surface area contributed by atoms with E-state index in [1.165, 1.54) is 10.5 Å². The van der Waals surface area contributed by atoms with Crippen LogP contribution in [0.1, 0.15) is 27.3 Å². The van der Waals surface area contributed by atoms with E-state index in [0.29, 0.717) is 17.9 Å². The van der Waals surface area contributed by atoms with Crippen LogP contribution in [0.5, 0.6) is 5.75 Å². The molecule has 4 rings (SSSR count). The zero-order valence-corrected chi connectivity index (χ0v) is 16.3. The van der Waals surface area contributed by atoms with Gasteiger partial charge in [-0.05, 0) is 30.7 Å². The minimum absolute atomic E-state index is 0.0621. The minimum atomic E-state index is -0.794. The Bertz CT molecular complexity index is 1040. The van der Waals surface area contributed by atoms with Crippen molar-refractivity contribution in [1.29, 1.82) is 0 Å². The third-order valence-corrected chi connectivity index (χ3v) is 4.94. The van der Waals surface area contributed by atoms with Crippen molar-refractivity contribution in [2.75, 3.05) is 18.6 Å². The third-order valence-electron chi connectivity index (χ3n) is 4.94. The van der Waals surface area contributed by atoms with Crippen molar-refractivity contribution in [3.05, 3.63) is 77.1 Å². The summed E-state index contributed by atoms with van der Waals surface area (Å²) in [5.41, 5.74) is 4.06. The molecule has 2 N–H and O–H groups in total. The summed E-state index contributed by atoms with van der Waals surface area (Å²) in [5, 5.41) is 9.73. The highest BCUT2D eigenvalue weighted by Gasteiger charge is 2.31. The fourth-order valence-corrected chi connectivity index (χ4v) is 3.28. The summed E-state index contributed by atoms with van der Waals surface area (Å²) in [6, 6.07) is 16.4. The van der Waals surface area contributed by atoms with Gasteiger partial charge >= 0.3 is 0 Å². The van der Waals surface area contributed by atoms with Gasteiger partial charge in [-0.3, -0.25) is 14.7 Å². The topological polar surface area (TPSA) is 87.3 Å². The van der Waals surface area contributed by atoms with Crippen molar-refractivity contribution in [3.63, 3.8) is 0 Å². The molecule has 2 heterocycles. The molecule has 0 saturated carbocycles. The van der Waals surface area contributed by atoms with E-state index in [9.17, 15) is 9.59 Å². The Kier molecular flexibility index (Phi) is 5.03. The van der Waals surface area contributed by atoms with Gasteiger partial charge in [-0.1, -0.05) is 42.0 Å². The van der Waals surface area contributed by atoms with Crippen LogP contribution in [0.25, 0.3) is 0 Å². The SMILES string of the molecule is Cc1ccc(Cc2cc(C(=O)N[C@H]3COc4ccccc4N(C)C3=O)n[nH]2)cc1. The predicted molar refractivity (Wildman–Crippen MR) is 109 cm³/mol. The normalized spacial score (nSPS) is 16.0. The number of hydrogen-bond acceptors (Lipinski definition) is 4. The number of para-hydroxylation sites is 2. The van der Waals surface area contributed by atoms with Crippen molar-refractivity contribution in [1.82, 2.24) is 15.5 Å². The molecule has 7 nitrogen and oxygen atoms in total. The lowest BCUT2D eigenvalue weighted by atomic mass is 10.1. The van der Waals surface area contributed by atoms with E-state index in [4.69, 9.17) is 4.74 Å². The molecule has 0 bridgehead atoms. The van der Waals surface area contributed by atoms with Gasteiger partial charge in [-0.15, -0.1) is 0 Å². The van der Waals surface area contributed by atoms with Gasteiger partial charge in [-0.25, -0.2) is 0 Å². The summed E-state index contributed by atoms with van der Waals surface area (Å²) in [5.74, 6) is -0.0447. The summed E-state index contributed by atoms with van der Waals surface area (Å²) in [6.45, 7) is 2.10. The van der Waals surface area contributed by atoms with Gasteiger partial charge in [0.1, 0.15) is 24.1 Å². The van der Waals surface area contributed by atoms with E-state index in [1.54, 1.807) is 19.2 Å². The summed E-state index contributed by atoms with van der Waals surface area (Å²) >= 11 is 0. The maximum Gasteiger partial charge on any atom is 0.272 e. The molecule has 2 aromatic carbocycles. The van der Waals surface area contributed by atoms with Crippen molar-refractivity contribution in [3.8, 4) is 5.75 Å². The van der Waals surface area contributed by atoms with Gasteiger partial charge < -0.3 is 15.0 Å². The predicted octanol–water partition coefficient (Wildman–Crippen LogP) is 2.46. The number of carbonyl (C=O) groups excluding carboxylic acids is 2. The van der Waals surface area contributed by atoms with Crippen LogP contribution >= 0.6 is 0 Å². The van der Waals surface area contributed by atoms with Crippen LogP contribution in [0.2, 0.25) is 0 Å². The Balaban J connectivity index is 1.44. The Morgan fingerprint density at radius 1 is 1.24 bits per heavy atom. The lowest BCUT2D eigenvalue weighted by Gasteiger charge is -2.19. The number of hydrogen-bond donors (Lipinski definition) is 2. The van der Waals surface area contributed by atoms with Crippen molar-refractivity contribution in [2.45, 2.75) is 19.4 Å². The molecule has 1 aliphatic heterocycles. The average molecular weight is 390 g/mol. The number of ether oxygens (including phenoxy) is 1. The number of nitrogens with one attached hydrogen (secondary N) is 2. The van der Waals surface area contributed by atoms with E-state index < -0.39 is 11.9 Å². The number of aryl methyl sites for hydroxylation is 1.